The third-order valence-electron chi connectivity index (χ3n) is 6.01. The molecule has 4 rings (SSSR count). The Morgan fingerprint density at radius 2 is 2.04 bits per heavy atom. The first-order valence-corrected chi connectivity index (χ1v) is 10.2. The molecule has 136 valence electrons. The van der Waals surface area contributed by atoms with Crippen LogP contribution >= 0.6 is 11.3 Å². The van der Waals surface area contributed by atoms with Gasteiger partial charge in [-0.2, -0.15) is 0 Å². The van der Waals surface area contributed by atoms with Crippen LogP contribution in [0.15, 0.2) is 41.8 Å². The molecule has 2 bridgehead atoms. The molecule has 0 radical (unpaired) electrons. The third-order valence-corrected chi connectivity index (χ3v) is 6.93. The van der Waals surface area contributed by atoms with Gasteiger partial charge in [0.2, 0.25) is 0 Å². The van der Waals surface area contributed by atoms with Crippen LogP contribution in [0.4, 0.5) is 0 Å². The average molecular weight is 368 g/mol. The maximum absolute atomic E-state index is 10.3. The zero-order valence-corrected chi connectivity index (χ0v) is 15.7. The van der Waals surface area contributed by atoms with Gasteiger partial charge in [-0.05, 0) is 37.3 Å². The molecule has 2 N–H and O–H groups in total. The minimum atomic E-state index is -0.0973. The highest BCUT2D eigenvalue weighted by atomic mass is 32.1. The summed E-state index contributed by atoms with van der Waals surface area (Å²) in [6, 6.07) is 13.8. The molecule has 3 atom stereocenters. The molecule has 3 nitrogen and oxygen atoms in total. The van der Waals surface area contributed by atoms with Crippen LogP contribution in [0.5, 0.6) is 0 Å². The van der Waals surface area contributed by atoms with Crippen LogP contribution in [0, 0.1) is 17.3 Å². The molecule has 0 spiro atoms. The molecule has 0 amide bonds. The van der Waals surface area contributed by atoms with Crippen LogP contribution in [0.25, 0.3) is 0 Å². The van der Waals surface area contributed by atoms with Crippen LogP contribution in [0.2, 0.25) is 0 Å². The highest BCUT2D eigenvalue weighted by Crippen LogP contribution is 2.52. The lowest BCUT2D eigenvalue weighted by Crippen LogP contribution is -2.41. The van der Waals surface area contributed by atoms with Crippen molar-refractivity contribution >= 4 is 11.3 Å². The van der Waals surface area contributed by atoms with Gasteiger partial charge in [0.05, 0.1) is 6.61 Å². The Bertz CT molecular complexity index is 806. The second-order valence-corrected chi connectivity index (χ2v) is 8.56. The Hall–Kier alpha value is -1.64. The van der Waals surface area contributed by atoms with Gasteiger partial charge in [-0.3, -0.25) is 4.90 Å². The fourth-order valence-corrected chi connectivity index (χ4v) is 5.75. The predicted molar refractivity (Wildman–Crippen MR) is 105 cm³/mol. The van der Waals surface area contributed by atoms with Crippen LogP contribution in [0.3, 0.4) is 0 Å². The number of hydrogen-bond donors (Lipinski definition) is 2. The molecule has 0 unspecified atom stereocenters. The zero-order valence-electron chi connectivity index (χ0n) is 14.9. The molecule has 2 aliphatic heterocycles. The van der Waals surface area contributed by atoms with Gasteiger partial charge in [-0.15, -0.1) is 11.3 Å². The minimum Gasteiger partial charge on any atom is -0.396 e. The van der Waals surface area contributed by atoms with Crippen molar-refractivity contribution in [3.8, 4) is 11.8 Å². The lowest BCUT2D eigenvalue weighted by molar-refractivity contribution is 0.0753. The summed E-state index contributed by atoms with van der Waals surface area (Å²) in [5.74, 6) is 5.71. The Balaban J connectivity index is 1.51. The molecular formula is C22H25NO2S. The summed E-state index contributed by atoms with van der Waals surface area (Å²) < 4.78 is 0. The second kappa shape index (κ2) is 7.54. The molecule has 3 heterocycles. The zero-order chi connectivity index (χ0) is 18.0. The number of thiophene rings is 1. The summed E-state index contributed by atoms with van der Waals surface area (Å²) >= 11 is 1.74. The molecule has 2 aliphatic rings. The van der Waals surface area contributed by atoms with E-state index < -0.39 is 0 Å². The van der Waals surface area contributed by atoms with Crippen molar-refractivity contribution in [3.63, 3.8) is 0 Å². The number of benzene rings is 1. The standard InChI is InChI=1S/C22H25NO2S/c24-10-4-7-18-11-20(26-15-18)14-23-19-8-9-21(23)22(13-19,16-25)12-17-5-2-1-3-6-17/h1-3,5-6,11,15,19,21,24-25H,8-10,12-14,16H2/t19-,21+,22-/m0/s1. The minimum absolute atomic E-state index is 0.0128. The van der Waals surface area contributed by atoms with Crippen molar-refractivity contribution in [2.24, 2.45) is 5.41 Å². The van der Waals surface area contributed by atoms with Crippen LogP contribution in [0.1, 0.15) is 35.3 Å². The molecule has 1 aromatic carbocycles. The van der Waals surface area contributed by atoms with Gasteiger partial charge >= 0.3 is 0 Å². The number of hydrogen-bond acceptors (Lipinski definition) is 4. The summed E-state index contributed by atoms with van der Waals surface area (Å²) in [6.07, 6.45) is 4.47. The largest absolute Gasteiger partial charge is 0.396 e. The highest BCUT2D eigenvalue weighted by Gasteiger charge is 2.55. The fourth-order valence-electron chi connectivity index (χ4n) is 4.93. The number of aliphatic hydroxyl groups excluding tert-OH is 2. The molecule has 2 aromatic rings. The SMILES string of the molecule is OCC#Cc1csc(CN2[C@H]3CC[C@@H]2[C@@](CO)(Cc2ccccc2)C3)c1. The lowest BCUT2D eigenvalue weighted by atomic mass is 9.70. The first kappa shape index (κ1) is 17.8. The van der Waals surface area contributed by atoms with E-state index in [2.05, 4.69) is 58.5 Å². The number of nitrogens with zero attached hydrogens (tertiary/aromatic N) is 1. The fraction of sp³-hybridized carbons (Fsp3) is 0.455. The van der Waals surface area contributed by atoms with Crippen LogP contribution < -0.4 is 0 Å². The third kappa shape index (κ3) is 3.33. The average Bonchev–Trinajstić information content (AvgIpc) is 3.35. The van der Waals surface area contributed by atoms with E-state index in [-0.39, 0.29) is 18.6 Å². The van der Waals surface area contributed by atoms with Crippen molar-refractivity contribution < 1.29 is 10.2 Å². The molecule has 2 fully saturated rings. The van der Waals surface area contributed by atoms with Gasteiger partial charge in [-0.25, -0.2) is 0 Å². The van der Waals surface area contributed by atoms with E-state index in [9.17, 15) is 5.11 Å². The van der Waals surface area contributed by atoms with Crippen molar-refractivity contribution in [1.29, 1.82) is 0 Å². The van der Waals surface area contributed by atoms with Gasteiger partial charge in [0.1, 0.15) is 6.61 Å². The normalized spacial score (nSPS) is 27.5. The molecular weight excluding hydrogens is 342 g/mol. The van der Waals surface area contributed by atoms with Gasteiger partial charge in [-0.1, -0.05) is 42.2 Å². The number of rotatable bonds is 5. The van der Waals surface area contributed by atoms with Gasteiger partial charge in [0.15, 0.2) is 0 Å². The van der Waals surface area contributed by atoms with E-state index in [1.54, 1.807) is 11.3 Å². The second-order valence-electron chi connectivity index (χ2n) is 7.57. The maximum atomic E-state index is 10.3. The topological polar surface area (TPSA) is 43.7 Å². The summed E-state index contributed by atoms with van der Waals surface area (Å²) in [6.45, 7) is 1.11. The highest BCUT2D eigenvalue weighted by molar-refractivity contribution is 7.10. The van der Waals surface area contributed by atoms with Crippen molar-refractivity contribution in [1.82, 2.24) is 4.90 Å². The van der Waals surface area contributed by atoms with E-state index >= 15 is 0 Å². The van der Waals surface area contributed by atoms with Crippen molar-refractivity contribution in [2.75, 3.05) is 13.2 Å². The van der Waals surface area contributed by atoms with Gasteiger partial charge in [0, 0.05) is 39.9 Å². The first-order chi connectivity index (χ1) is 12.7. The first-order valence-electron chi connectivity index (χ1n) is 9.32. The maximum Gasteiger partial charge on any atom is 0.104 e. The summed E-state index contributed by atoms with van der Waals surface area (Å²) in [5.41, 5.74) is 2.30. The molecule has 26 heavy (non-hydrogen) atoms. The smallest absolute Gasteiger partial charge is 0.104 e. The Morgan fingerprint density at radius 1 is 1.19 bits per heavy atom. The number of fused-ring (bicyclic) bond motifs is 2. The lowest BCUT2D eigenvalue weighted by Gasteiger charge is -2.36. The molecule has 0 saturated carbocycles. The summed E-state index contributed by atoms with van der Waals surface area (Å²) in [7, 11) is 0. The summed E-state index contributed by atoms with van der Waals surface area (Å²) in [4.78, 5) is 3.94. The van der Waals surface area contributed by atoms with Crippen LogP contribution in [-0.2, 0) is 13.0 Å². The Morgan fingerprint density at radius 3 is 2.81 bits per heavy atom. The predicted octanol–water partition coefficient (Wildman–Crippen LogP) is 3.05. The van der Waals surface area contributed by atoms with E-state index in [0.29, 0.717) is 12.1 Å². The van der Waals surface area contributed by atoms with E-state index in [4.69, 9.17) is 5.11 Å². The van der Waals surface area contributed by atoms with Gasteiger partial charge in [0.25, 0.3) is 0 Å². The van der Waals surface area contributed by atoms with E-state index in [1.807, 2.05) is 0 Å². The van der Waals surface area contributed by atoms with Gasteiger partial charge < -0.3 is 10.2 Å². The quantitative estimate of drug-likeness (QED) is 0.799. The molecule has 0 aliphatic carbocycles. The number of aliphatic hydroxyl groups is 2. The molecule has 2 saturated heterocycles. The Labute approximate surface area is 159 Å². The van der Waals surface area contributed by atoms with E-state index in [1.165, 1.54) is 23.3 Å². The Kier molecular flexibility index (Phi) is 5.15. The monoisotopic (exact) mass is 367 g/mol. The van der Waals surface area contributed by atoms with Crippen molar-refractivity contribution in [2.45, 2.75) is 44.3 Å². The summed E-state index contributed by atoms with van der Waals surface area (Å²) in [5, 5.41) is 21.2. The van der Waals surface area contributed by atoms with E-state index in [0.717, 1.165) is 24.9 Å². The van der Waals surface area contributed by atoms with Crippen LogP contribution in [-0.4, -0.2) is 40.4 Å². The van der Waals surface area contributed by atoms with Crippen molar-refractivity contribution in [3.05, 3.63) is 57.8 Å². The molecule has 4 heteroatoms. The molecule has 1 aromatic heterocycles.